The molecule has 0 fully saturated rings. The molecule has 2 aromatic carbocycles. The number of hydrogen-bond acceptors (Lipinski definition) is 1. The molecule has 18 heavy (non-hydrogen) atoms. The number of benzene rings is 2. The fraction of sp³-hybridized carbons (Fsp3) is 0.0714. The first-order valence-electron chi connectivity index (χ1n) is 5.40. The number of nitrogens with one attached hydrogen (secondary N) is 1. The van der Waals surface area contributed by atoms with E-state index in [9.17, 15) is 4.79 Å². The highest BCUT2D eigenvalue weighted by Crippen LogP contribution is 2.23. The summed E-state index contributed by atoms with van der Waals surface area (Å²) in [5, 5.41) is 2.92. The van der Waals surface area contributed by atoms with Gasteiger partial charge in [-0.25, -0.2) is 0 Å². The molecular formula is C14H11BrINO. The zero-order valence-electron chi connectivity index (χ0n) is 9.71. The molecular weight excluding hydrogens is 405 g/mol. The van der Waals surface area contributed by atoms with Gasteiger partial charge in [-0.3, -0.25) is 4.79 Å². The Kier molecular flexibility index (Phi) is 4.40. The normalized spacial score (nSPS) is 10.2. The minimum atomic E-state index is -0.102. The van der Waals surface area contributed by atoms with Crippen molar-refractivity contribution < 1.29 is 4.79 Å². The molecule has 92 valence electrons. The van der Waals surface area contributed by atoms with Gasteiger partial charge in [0.15, 0.2) is 0 Å². The summed E-state index contributed by atoms with van der Waals surface area (Å²) in [7, 11) is 0. The Hall–Kier alpha value is -0.880. The average Bonchev–Trinajstić information content (AvgIpc) is 2.35. The SMILES string of the molecule is Cc1cccc(C(=O)Nc2ccccc2I)c1Br. The maximum absolute atomic E-state index is 12.2. The molecule has 0 saturated carbocycles. The molecule has 0 aliphatic carbocycles. The highest BCUT2D eigenvalue weighted by Gasteiger charge is 2.12. The second-order valence-electron chi connectivity index (χ2n) is 3.87. The largest absolute Gasteiger partial charge is 0.321 e. The predicted octanol–water partition coefficient (Wildman–Crippen LogP) is 4.61. The van der Waals surface area contributed by atoms with Gasteiger partial charge >= 0.3 is 0 Å². The molecule has 2 rings (SSSR count). The standard InChI is InChI=1S/C14H11BrINO/c1-9-5-4-6-10(13(9)15)14(18)17-12-8-3-2-7-11(12)16/h2-8H,1H3,(H,17,18). The number of aryl methyl sites for hydroxylation is 1. The Balaban J connectivity index is 2.28. The fourth-order valence-corrected chi connectivity index (χ4v) is 2.54. The first-order chi connectivity index (χ1) is 8.59. The number of carbonyl (C=O) groups is 1. The van der Waals surface area contributed by atoms with Crippen LogP contribution in [0.5, 0.6) is 0 Å². The summed E-state index contributed by atoms with van der Waals surface area (Å²) in [5.74, 6) is -0.102. The molecule has 0 bridgehead atoms. The third kappa shape index (κ3) is 2.92. The molecule has 2 aromatic rings. The van der Waals surface area contributed by atoms with E-state index in [2.05, 4.69) is 43.8 Å². The lowest BCUT2D eigenvalue weighted by molar-refractivity contribution is 0.102. The molecule has 0 spiro atoms. The van der Waals surface area contributed by atoms with E-state index in [4.69, 9.17) is 0 Å². The molecule has 2 nitrogen and oxygen atoms in total. The van der Waals surface area contributed by atoms with Crippen LogP contribution in [0.25, 0.3) is 0 Å². The summed E-state index contributed by atoms with van der Waals surface area (Å²) >= 11 is 5.65. The van der Waals surface area contributed by atoms with Gasteiger partial charge in [-0.1, -0.05) is 24.3 Å². The fourth-order valence-electron chi connectivity index (χ4n) is 1.58. The Labute approximate surface area is 128 Å². The summed E-state index contributed by atoms with van der Waals surface area (Å²) in [6.07, 6.45) is 0. The first kappa shape index (κ1) is 13.5. The molecule has 0 atom stereocenters. The summed E-state index contributed by atoms with van der Waals surface area (Å²) in [4.78, 5) is 12.2. The van der Waals surface area contributed by atoms with Crippen LogP contribution in [-0.2, 0) is 0 Å². The van der Waals surface area contributed by atoms with Gasteiger partial charge in [0.2, 0.25) is 0 Å². The molecule has 1 amide bonds. The van der Waals surface area contributed by atoms with Crippen molar-refractivity contribution >= 4 is 50.1 Å². The van der Waals surface area contributed by atoms with E-state index in [1.165, 1.54) is 0 Å². The predicted molar refractivity (Wildman–Crippen MR) is 86.0 cm³/mol. The molecule has 0 unspecified atom stereocenters. The Morgan fingerprint density at radius 3 is 2.61 bits per heavy atom. The summed E-state index contributed by atoms with van der Waals surface area (Å²) in [6.45, 7) is 1.97. The number of para-hydroxylation sites is 1. The van der Waals surface area contributed by atoms with Crippen molar-refractivity contribution in [3.63, 3.8) is 0 Å². The van der Waals surface area contributed by atoms with E-state index in [1.54, 1.807) is 0 Å². The molecule has 0 radical (unpaired) electrons. The van der Waals surface area contributed by atoms with Gasteiger partial charge in [0.25, 0.3) is 5.91 Å². The number of halogens is 2. The van der Waals surface area contributed by atoms with Crippen LogP contribution in [0.15, 0.2) is 46.9 Å². The zero-order valence-corrected chi connectivity index (χ0v) is 13.4. The summed E-state index contributed by atoms with van der Waals surface area (Å²) in [6, 6.07) is 13.4. The molecule has 0 aliphatic rings. The van der Waals surface area contributed by atoms with E-state index < -0.39 is 0 Å². The number of hydrogen-bond donors (Lipinski definition) is 1. The quantitative estimate of drug-likeness (QED) is 0.712. The van der Waals surface area contributed by atoms with Crippen molar-refractivity contribution in [2.45, 2.75) is 6.92 Å². The van der Waals surface area contributed by atoms with Gasteiger partial charge in [-0.2, -0.15) is 0 Å². The van der Waals surface area contributed by atoms with Gasteiger partial charge in [0, 0.05) is 8.04 Å². The van der Waals surface area contributed by atoms with Crippen LogP contribution in [0.1, 0.15) is 15.9 Å². The minimum Gasteiger partial charge on any atom is -0.321 e. The van der Waals surface area contributed by atoms with E-state index >= 15 is 0 Å². The summed E-state index contributed by atoms with van der Waals surface area (Å²) < 4.78 is 1.86. The van der Waals surface area contributed by atoms with Gasteiger partial charge < -0.3 is 5.32 Å². The van der Waals surface area contributed by atoms with Crippen LogP contribution >= 0.6 is 38.5 Å². The van der Waals surface area contributed by atoms with E-state index in [0.29, 0.717) is 5.56 Å². The van der Waals surface area contributed by atoms with E-state index in [1.807, 2.05) is 49.4 Å². The van der Waals surface area contributed by atoms with Crippen LogP contribution in [0, 0.1) is 10.5 Å². The van der Waals surface area contributed by atoms with Crippen molar-refractivity contribution in [3.8, 4) is 0 Å². The van der Waals surface area contributed by atoms with Gasteiger partial charge in [0.05, 0.1) is 11.3 Å². The van der Waals surface area contributed by atoms with Crippen molar-refractivity contribution in [1.29, 1.82) is 0 Å². The van der Waals surface area contributed by atoms with Crippen LogP contribution in [0.3, 0.4) is 0 Å². The first-order valence-corrected chi connectivity index (χ1v) is 7.28. The molecule has 4 heteroatoms. The molecule has 0 aromatic heterocycles. The van der Waals surface area contributed by atoms with E-state index in [-0.39, 0.29) is 5.91 Å². The van der Waals surface area contributed by atoms with Crippen molar-refractivity contribution in [3.05, 3.63) is 61.6 Å². The van der Waals surface area contributed by atoms with E-state index in [0.717, 1.165) is 19.3 Å². The second-order valence-corrected chi connectivity index (χ2v) is 5.83. The third-order valence-corrected chi connectivity index (χ3v) is 4.55. The average molecular weight is 416 g/mol. The van der Waals surface area contributed by atoms with Crippen LogP contribution in [0.4, 0.5) is 5.69 Å². The Morgan fingerprint density at radius 2 is 1.89 bits per heavy atom. The van der Waals surface area contributed by atoms with Crippen LogP contribution in [0.2, 0.25) is 0 Å². The van der Waals surface area contributed by atoms with Crippen LogP contribution in [-0.4, -0.2) is 5.91 Å². The highest BCUT2D eigenvalue weighted by molar-refractivity contribution is 14.1. The Bertz CT molecular complexity index is 598. The molecule has 0 heterocycles. The lowest BCUT2D eigenvalue weighted by Crippen LogP contribution is -2.13. The number of rotatable bonds is 2. The van der Waals surface area contributed by atoms with Gasteiger partial charge in [-0.05, 0) is 69.2 Å². The Morgan fingerprint density at radius 1 is 1.17 bits per heavy atom. The summed E-state index contributed by atoms with van der Waals surface area (Å²) in [5.41, 5.74) is 2.52. The number of anilines is 1. The highest BCUT2D eigenvalue weighted by atomic mass is 127. The monoisotopic (exact) mass is 415 g/mol. The van der Waals surface area contributed by atoms with Crippen molar-refractivity contribution in [2.24, 2.45) is 0 Å². The second kappa shape index (κ2) is 5.84. The minimum absolute atomic E-state index is 0.102. The lowest BCUT2D eigenvalue weighted by atomic mass is 10.1. The topological polar surface area (TPSA) is 29.1 Å². The van der Waals surface area contributed by atoms with Gasteiger partial charge in [0.1, 0.15) is 0 Å². The maximum Gasteiger partial charge on any atom is 0.256 e. The number of amides is 1. The molecule has 0 aliphatic heterocycles. The van der Waals surface area contributed by atoms with Crippen molar-refractivity contribution in [2.75, 3.05) is 5.32 Å². The maximum atomic E-state index is 12.2. The van der Waals surface area contributed by atoms with Crippen molar-refractivity contribution in [1.82, 2.24) is 0 Å². The zero-order chi connectivity index (χ0) is 13.1. The van der Waals surface area contributed by atoms with Gasteiger partial charge in [-0.15, -0.1) is 0 Å². The lowest BCUT2D eigenvalue weighted by Gasteiger charge is -2.09. The smallest absolute Gasteiger partial charge is 0.256 e. The molecule has 0 saturated heterocycles. The molecule has 1 N–H and O–H groups in total. The third-order valence-electron chi connectivity index (χ3n) is 2.56. The number of carbonyl (C=O) groups excluding carboxylic acids is 1. The van der Waals surface area contributed by atoms with Crippen LogP contribution < -0.4 is 5.32 Å².